The summed E-state index contributed by atoms with van der Waals surface area (Å²) in [4.78, 5) is 8.01. The number of nitrogens with two attached hydrogens (primary N) is 2. The highest BCUT2D eigenvalue weighted by Gasteiger charge is 2.14. The van der Waals surface area contributed by atoms with Gasteiger partial charge in [0, 0.05) is 18.3 Å². The zero-order valence-electron chi connectivity index (χ0n) is 12.7. The van der Waals surface area contributed by atoms with E-state index in [-0.39, 0.29) is 12.0 Å². The fourth-order valence-corrected chi connectivity index (χ4v) is 2.50. The van der Waals surface area contributed by atoms with Gasteiger partial charge in [0.2, 0.25) is 5.95 Å². The number of aromatic nitrogens is 2. The molecule has 116 valence electrons. The van der Waals surface area contributed by atoms with E-state index < -0.39 is 0 Å². The summed E-state index contributed by atoms with van der Waals surface area (Å²) < 4.78 is 0. The maximum Gasteiger partial charge on any atom is 0.221 e. The van der Waals surface area contributed by atoms with Crippen molar-refractivity contribution in [3.63, 3.8) is 0 Å². The van der Waals surface area contributed by atoms with E-state index in [1.54, 1.807) is 6.20 Å². The van der Waals surface area contributed by atoms with E-state index in [9.17, 15) is 0 Å². The van der Waals surface area contributed by atoms with E-state index in [1.807, 2.05) is 36.4 Å². The molecule has 0 unspecified atom stereocenters. The molecule has 5 N–H and O–H groups in total. The van der Waals surface area contributed by atoms with Gasteiger partial charge in [0.1, 0.15) is 5.82 Å². The molecule has 23 heavy (non-hydrogen) atoms. The highest BCUT2D eigenvalue weighted by molar-refractivity contribution is 5.41. The van der Waals surface area contributed by atoms with Crippen molar-refractivity contribution in [2.24, 2.45) is 0 Å². The lowest BCUT2D eigenvalue weighted by Gasteiger charge is -2.20. The third-order valence-electron chi connectivity index (χ3n) is 3.68. The average molecular weight is 305 g/mol. The summed E-state index contributed by atoms with van der Waals surface area (Å²) in [7, 11) is 0. The Morgan fingerprint density at radius 2 is 1.43 bits per heavy atom. The summed E-state index contributed by atoms with van der Waals surface area (Å²) in [5.41, 5.74) is 14.7. The second kappa shape index (κ2) is 6.89. The predicted octanol–water partition coefficient (Wildman–Crippen LogP) is 2.52. The van der Waals surface area contributed by atoms with E-state index >= 15 is 0 Å². The van der Waals surface area contributed by atoms with Crippen LogP contribution in [0.15, 0.2) is 66.9 Å². The van der Waals surface area contributed by atoms with Gasteiger partial charge < -0.3 is 16.8 Å². The first-order valence-corrected chi connectivity index (χ1v) is 7.44. The third kappa shape index (κ3) is 3.64. The Hall–Kier alpha value is -2.92. The van der Waals surface area contributed by atoms with Crippen LogP contribution < -0.4 is 16.8 Å². The van der Waals surface area contributed by atoms with E-state index in [1.165, 1.54) is 11.1 Å². The SMILES string of the molecule is Nc1ncc(CNC(c2ccccc2)c2ccccc2)c(N)n1. The quantitative estimate of drug-likeness (QED) is 0.674. The molecule has 5 heteroatoms. The molecule has 5 nitrogen and oxygen atoms in total. The molecule has 1 aromatic heterocycles. The largest absolute Gasteiger partial charge is 0.383 e. The third-order valence-corrected chi connectivity index (χ3v) is 3.68. The van der Waals surface area contributed by atoms with Crippen molar-refractivity contribution in [1.29, 1.82) is 0 Å². The molecule has 0 spiro atoms. The summed E-state index contributed by atoms with van der Waals surface area (Å²) >= 11 is 0. The predicted molar refractivity (Wildman–Crippen MR) is 92.4 cm³/mol. The number of hydrogen-bond acceptors (Lipinski definition) is 5. The minimum absolute atomic E-state index is 0.0642. The van der Waals surface area contributed by atoms with Crippen molar-refractivity contribution >= 4 is 11.8 Å². The van der Waals surface area contributed by atoms with Gasteiger partial charge in [-0.1, -0.05) is 60.7 Å². The average Bonchev–Trinajstić information content (AvgIpc) is 2.59. The molecule has 0 bridgehead atoms. The molecule has 3 rings (SSSR count). The Kier molecular flexibility index (Phi) is 4.49. The Balaban J connectivity index is 1.85. The van der Waals surface area contributed by atoms with Gasteiger partial charge in [0.25, 0.3) is 0 Å². The van der Waals surface area contributed by atoms with Crippen molar-refractivity contribution in [2.75, 3.05) is 11.5 Å². The number of nitrogens with one attached hydrogen (secondary N) is 1. The van der Waals surface area contributed by atoms with Crippen LogP contribution in [0.1, 0.15) is 22.7 Å². The van der Waals surface area contributed by atoms with Crippen molar-refractivity contribution < 1.29 is 0 Å². The second-order valence-corrected chi connectivity index (χ2v) is 5.27. The summed E-state index contributed by atoms with van der Waals surface area (Å²) in [5, 5.41) is 3.53. The number of nitrogen functional groups attached to an aromatic ring is 2. The molecule has 0 fully saturated rings. The Morgan fingerprint density at radius 3 is 1.96 bits per heavy atom. The zero-order valence-corrected chi connectivity index (χ0v) is 12.7. The molecular formula is C18H19N5. The van der Waals surface area contributed by atoms with Crippen molar-refractivity contribution in [3.8, 4) is 0 Å². The Bertz CT molecular complexity index is 719. The Labute approximate surface area is 135 Å². The lowest BCUT2D eigenvalue weighted by Crippen LogP contribution is -2.23. The van der Waals surface area contributed by atoms with Gasteiger partial charge >= 0.3 is 0 Å². The van der Waals surface area contributed by atoms with Crippen LogP contribution in [-0.2, 0) is 6.54 Å². The van der Waals surface area contributed by atoms with Gasteiger partial charge in [-0.25, -0.2) is 4.98 Å². The molecule has 2 aromatic carbocycles. The van der Waals surface area contributed by atoms with E-state index in [0.717, 1.165) is 5.56 Å². The van der Waals surface area contributed by atoms with Crippen LogP contribution in [-0.4, -0.2) is 9.97 Å². The smallest absolute Gasteiger partial charge is 0.221 e. The number of rotatable bonds is 5. The molecule has 1 heterocycles. The highest BCUT2D eigenvalue weighted by Crippen LogP contribution is 2.22. The van der Waals surface area contributed by atoms with Crippen LogP contribution in [0, 0.1) is 0 Å². The molecule has 0 aliphatic heterocycles. The van der Waals surface area contributed by atoms with Crippen LogP contribution in [0.4, 0.5) is 11.8 Å². The van der Waals surface area contributed by atoms with Gasteiger partial charge in [-0.15, -0.1) is 0 Å². The van der Waals surface area contributed by atoms with E-state index in [4.69, 9.17) is 11.5 Å². The minimum atomic E-state index is 0.0642. The van der Waals surface area contributed by atoms with Crippen LogP contribution in [0.3, 0.4) is 0 Å². The first kappa shape index (κ1) is 15.0. The minimum Gasteiger partial charge on any atom is -0.383 e. The van der Waals surface area contributed by atoms with Gasteiger partial charge in [0.05, 0.1) is 6.04 Å². The lowest BCUT2D eigenvalue weighted by molar-refractivity contribution is 0.604. The lowest BCUT2D eigenvalue weighted by atomic mass is 9.98. The topological polar surface area (TPSA) is 89.8 Å². The summed E-state index contributed by atoms with van der Waals surface area (Å²) in [6.07, 6.45) is 1.66. The second-order valence-electron chi connectivity index (χ2n) is 5.27. The fraction of sp³-hybridized carbons (Fsp3) is 0.111. The molecule has 0 saturated carbocycles. The molecule has 0 aliphatic rings. The fourth-order valence-electron chi connectivity index (χ4n) is 2.50. The molecule has 0 amide bonds. The molecule has 0 saturated heterocycles. The van der Waals surface area contributed by atoms with Gasteiger partial charge in [-0.3, -0.25) is 0 Å². The summed E-state index contributed by atoms with van der Waals surface area (Å²) in [5.74, 6) is 0.596. The van der Waals surface area contributed by atoms with Crippen LogP contribution in [0.2, 0.25) is 0 Å². The first-order valence-electron chi connectivity index (χ1n) is 7.44. The maximum absolute atomic E-state index is 5.91. The highest BCUT2D eigenvalue weighted by atomic mass is 15.0. The standard InChI is InChI=1S/C18H19N5/c19-17-15(12-22-18(20)23-17)11-21-16(13-7-3-1-4-8-13)14-9-5-2-6-10-14/h1-10,12,16,21H,11H2,(H4,19,20,22,23). The molecule has 0 atom stereocenters. The molecular weight excluding hydrogens is 286 g/mol. The molecule has 0 aliphatic carbocycles. The first-order chi connectivity index (χ1) is 11.2. The zero-order chi connectivity index (χ0) is 16.1. The van der Waals surface area contributed by atoms with Crippen LogP contribution in [0.25, 0.3) is 0 Å². The number of nitrogens with zero attached hydrogens (tertiary/aromatic N) is 2. The van der Waals surface area contributed by atoms with Crippen LogP contribution >= 0.6 is 0 Å². The molecule has 3 aromatic rings. The van der Waals surface area contributed by atoms with E-state index in [2.05, 4.69) is 39.6 Å². The number of anilines is 2. The van der Waals surface area contributed by atoms with Gasteiger partial charge in [-0.2, -0.15) is 4.98 Å². The van der Waals surface area contributed by atoms with Crippen molar-refractivity contribution in [2.45, 2.75) is 12.6 Å². The maximum atomic E-state index is 5.91. The van der Waals surface area contributed by atoms with Crippen molar-refractivity contribution in [1.82, 2.24) is 15.3 Å². The summed E-state index contributed by atoms with van der Waals surface area (Å²) in [6, 6.07) is 20.6. The number of benzene rings is 2. The van der Waals surface area contributed by atoms with Crippen molar-refractivity contribution in [3.05, 3.63) is 83.6 Å². The summed E-state index contributed by atoms with van der Waals surface area (Å²) in [6.45, 7) is 0.556. The van der Waals surface area contributed by atoms with Gasteiger partial charge in [0.15, 0.2) is 0 Å². The number of hydrogen-bond donors (Lipinski definition) is 3. The van der Waals surface area contributed by atoms with E-state index in [0.29, 0.717) is 12.4 Å². The monoisotopic (exact) mass is 305 g/mol. The normalized spacial score (nSPS) is 10.8. The van der Waals surface area contributed by atoms with Crippen LogP contribution in [0.5, 0.6) is 0 Å². The molecule has 0 radical (unpaired) electrons. The van der Waals surface area contributed by atoms with Gasteiger partial charge in [-0.05, 0) is 11.1 Å². The Morgan fingerprint density at radius 1 is 0.870 bits per heavy atom.